The lowest BCUT2D eigenvalue weighted by Gasteiger charge is -2.28. The standard InChI is InChI=1S/C16H24N2O2.ClH/c1-11-5-4-6-12(2)16(11)20-10-15(19)18-14-7-8-17-13(3)9-14;/h4-6,13-14,17H,7-10H2,1-3H3,(H,18,19);1H. The second kappa shape index (κ2) is 8.25. The number of piperidine rings is 1. The van der Waals surface area contributed by atoms with E-state index in [1.807, 2.05) is 32.0 Å². The summed E-state index contributed by atoms with van der Waals surface area (Å²) in [5.74, 6) is 0.785. The number of carbonyl (C=O) groups is 1. The Balaban J connectivity index is 0.00000220. The fourth-order valence-corrected chi connectivity index (χ4v) is 2.70. The van der Waals surface area contributed by atoms with Crippen LogP contribution in [0.1, 0.15) is 30.9 Å². The Hall–Kier alpha value is -1.26. The Morgan fingerprint density at radius 1 is 1.38 bits per heavy atom. The van der Waals surface area contributed by atoms with Crippen LogP contribution in [0.15, 0.2) is 18.2 Å². The van der Waals surface area contributed by atoms with Crippen molar-refractivity contribution in [1.29, 1.82) is 0 Å². The zero-order valence-electron chi connectivity index (χ0n) is 12.9. The lowest BCUT2D eigenvalue weighted by Crippen LogP contribution is -2.47. The van der Waals surface area contributed by atoms with Crippen LogP contribution in [-0.4, -0.2) is 31.1 Å². The van der Waals surface area contributed by atoms with Crippen molar-refractivity contribution in [3.8, 4) is 5.75 Å². The van der Waals surface area contributed by atoms with Gasteiger partial charge in [-0.2, -0.15) is 0 Å². The van der Waals surface area contributed by atoms with Gasteiger partial charge in [0.05, 0.1) is 0 Å². The monoisotopic (exact) mass is 312 g/mol. The highest BCUT2D eigenvalue weighted by molar-refractivity contribution is 5.85. The average molecular weight is 313 g/mol. The van der Waals surface area contributed by atoms with Gasteiger partial charge in [0.2, 0.25) is 0 Å². The van der Waals surface area contributed by atoms with Crippen molar-refractivity contribution in [2.24, 2.45) is 0 Å². The Morgan fingerprint density at radius 3 is 2.67 bits per heavy atom. The topological polar surface area (TPSA) is 50.4 Å². The summed E-state index contributed by atoms with van der Waals surface area (Å²) < 4.78 is 5.67. The summed E-state index contributed by atoms with van der Waals surface area (Å²) in [5.41, 5.74) is 2.13. The van der Waals surface area contributed by atoms with Crippen molar-refractivity contribution in [1.82, 2.24) is 10.6 Å². The molecule has 1 heterocycles. The molecule has 21 heavy (non-hydrogen) atoms. The molecule has 0 aliphatic carbocycles. The van der Waals surface area contributed by atoms with Crippen LogP contribution in [0.25, 0.3) is 0 Å². The van der Waals surface area contributed by atoms with Gasteiger partial charge < -0.3 is 15.4 Å². The van der Waals surface area contributed by atoms with E-state index in [0.717, 1.165) is 36.3 Å². The summed E-state index contributed by atoms with van der Waals surface area (Å²) in [6.07, 6.45) is 1.97. The van der Waals surface area contributed by atoms with Crippen molar-refractivity contribution >= 4 is 18.3 Å². The highest BCUT2D eigenvalue weighted by Gasteiger charge is 2.20. The van der Waals surface area contributed by atoms with E-state index in [1.165, 1.54) is 0 Å². The number of benzene rings is 1. The number of carbonyl (C=O) groups excluding carboxylic acids is 1. The van der Waals surface area contributed by atoms with E-state index in [4.69, 9.17) is 4.74 Å². The van der Waals surface area contributed by atoms with Gasteiger partial charge in [-0.25, -0.2) is 0 Å². The van der Waals surface area contributed by atoms with E-state index in [1.54, 1.807) is 0 Å². The minimum Gasteiger partial charge on any atom is -0.483 e. The molecule has 1 aromatic rings. The summed E-state index contributed by atoms with van der Waals surface area (Å²) in [5, 5.41) is 6.43. The first-order chi connectivity index (χ1) is 9.56. The van der Waals surface area contributed by atoms with Crippen LogP contribution in [0, 0.1) is 13.8 Å². The third-order valence-corrected chi connectivity index (χ3v) is 3.75. The molecule has 2 N–H and O–H groups in total. The fourth-order valence-electron chi connectivity index (χ4n) is 2.70. The summed E-state index contributed by atoms with van der Waals surface area (Å²) in [7, 11) is 0. The van der Waals surface area contributed by atoms with Crippen LogP contribution in [0.2, 0.25) is 0 Å². The van der Waals surface area contributed by atoms with Gasteiger partial charge in [-0.05, 0) is 51.3 Å². The molecule has 5 heteroatoms. The highest BCUT2D eigenvalue weighted by Crippen LogP contribution is 2.22. The number of hydrogen-bond donors (Lipinski definition) is 2. The van der Waals surface area contributed by atoms with Crippen LogP contribution in [-0.2, 0) is 4.79 Å². The molecular formula is C16H25ClN2O2. The Bertz CT molecular complexity index is 459. The smallest absolute Gasteiger partial charge is 0.258 e. The second-order valence-corrected chi connectivity index (χ2v) is 5.65. The predicted octanol–water partition coefficient (Wildman–Crippen LogP) is 2.36. The van der Waals surface area contributed by atoms with Gasteiger partial charge in [0.25, 0.3) is 5.91 Å². The normalized spacial score (nSPS) is 21.3. The molecule has 118 valence electrons. The van der Waals surface area contributed by atoms with Crippen molar-refractivity contribution < 1.29 is 9.53 Å². The maximum Gasteiger partial charge on any atom is 0.258 e. The molecule has 1 aromatic carbocycles. The van der Waals surface area contributed by atoms with Gasteiger partial charge in [-0.15, -0.1) is 12.4 Å². The molecule has 0 aromatic heterocycles. The molecular weight excluding hydrogens is 288 g/mol. The number of aryl methyl sites for hydroxylation is 2. The first-order valence-electron chi connectivity index (χ1n) is 7.28. The highest BCUT2D eigenvalue weighted by atomic mass is 35.5. The van der Waals surface area contributed by atoms with Crippen LogP contribution in [0.5, 0.6) is 5.75 Å². The largest absolute Gasteiger partial charge is 0.483 e. The summed E-state index contributed by atoms with van der Waals surface area (Å²) in [6, 6.07) is 6.71. The van der Waals surface area contributed by atoms with Crippen molar-refractivity contribution in [2.45, 2.75) is 45.7 Å². The first-order valence-corrected chi connectivity index (χ1v) is 7.28. The zero-order chi connectivity index (χ0) is 14.5. The Kier molecular flexibility index (Phi) is 6.99. The Morgan fingerprint density at radius 2 is 2.05 bits per heavy atom. The van der Waals surface area contributed by atoms with E-state index in [9.17, 15) is 4.79 Å². The van der Waals surface area contributed by atoms with Gasteiger partial charge in [0.15, 0.2) is 6.61 Å². The molecule has 1 saturated heterocycles. The summed E-state index contributed by atoms with van der Waals surface area (Å²) in [6.45, 7) is 7.18. The molecule has 0 saturated carbocycles. The molecule has 1 amide bonds. The van der Waals surface area contributed by atoms with Gasteiger partial charge >= 0.3 is 0 Å². The molecule has 2 atom stereocenters. The number of nitrogens with one attached hydrogen (secondary N) is 2. The predicted molar refractivity (Wildman–Crippen MR) is 87.3 cm³/mol. The number of amides is 1. The minimum atomic E-state index is -0.0354. The van der Waals surface area contributed by atoms with Crippen molar-refractivity contribution in [3.05, 3.63) is 29.3 Å². The molecule has 1 fully saturated rings. The number of ether oxygens (including phenoxy) is 1. The van der Waals surface area contributed by atoms with Crippen molar-refractivity contribution in [2.75, 3.05) is 13.2 Å². The van der Waals surface area contributed by atoms with Gasteiger partial charge in [0.1, 0.15) is 5.75 Å². The number of hydrogen-bond acceptors (Lipinski definition) is 3. The van der Waals surface area contributed by atoms with E-state index >= 15 is 0 Å². The quantitative estimate of drug-likeness (QED) is 0.897. The van der Waals surface area contributed by atoms with E-state index in [2.05, 4.69) is 17.6 Å². The molecule has 0 bridgehead atoms. The maximum absolute atomic E-state index is 12.0. The molecule has 1 aliphatic heterocycles. The van der Waals surface area contributed by atoms with Gasteiger partial charge in [-0.1, -0.05) is 18.2 Å². The molecule has 2 rings (SSSR count). The van der Waals surface area contributed by atoms with Crippen LogP contribution < -0.4 is 15.4 Å². The number of halogens is 1. The van der Waals surface area contributed by atoms with E-state index in [0.29, 0.717) is 6.04 Å². The van der Waals surface area contributed by atoms with Crippen LogP contribution in [0.3, 0.4) is 0 Å². The minimum absolute atomic E-state index is 0. The Labute approximate surface area is 133 Å². The zero-order valence-corrected chi connectivity index (χ0v) is 13.8. The maximum atomic E-state index is 12.0. The number of rotatable bonds is 4. The lowest BCUT2D eigenvalue weighted by atomic mass is 10.0. The fraction of sp³-hybridized carbons (Fsp3) is 0.562. The summed E-state index contributed by atoms with van der Waals surface area (Å²) >= 11 is 0. The molecule has 0 spiro atoms. The third kappa shape index (κ3) is 5.21. The van der Waals surface area contributed by atoms with Gasteiger partial charge in [0, 0.05) is 12.1 Å². The molecule has 0 radical (unpaired) electrons. The lowest BCUT2D eigenvalue weighted by molar-refractivity contribution is -0.124. The van der Waals surface area contributed by atoms with Crippen LogP contribution in [0.4, 0.5) is 0 Å². The first kappa shape index (κ1) is 17.8. The van der Waals surface area contributed by atoms with Gasteiger partial charge in [-0.3, -0.25) is 4.79 Å². The second-order valence-electron chi connectivity index (χ2n) is 5.65. The SMILES string of the molecule is Cc1cccc(C)c1OCC(=O)NC1CCNC(C)C1.Cl. The van der Waals surface area contributed by atoms with E-state index in [-0.39, 0.29) is 31.0 Å². The van der Waals surface area contributed by atoms with Crippen molar-refractivity contribution in [3.63, 3.8) is 0 Å². The molecule has 1 aliphatic rings. The summed E-state index contributed by atoms with van der Waals surface area (Å²) in [4.78, 5) is 12.0. The average Bonchev–Trinajstić information content (AvgIpc) is 2.38. The van der Waals surface area contributed by atoms with Crippen LogP contribution >= 0.6 is 12.4 Å². The third-order valence-electron chi connectivity index (χ3n) is 3.75. The number of para-hydroxylation sites is 1. The molecule has 4 nitrogen and oxygen atoms in total. The molecule has 2 unspecified atom stereocenters. The van der Waals surface area contributed by atoms with E-state index < -0.39 is 0 Å².